The van der Waals surface area contributed by atoms with Gasteiger partial charge in [0.05, 0.1) is 23.4 Å². The van der Waals surface area contributed by atoms with Gasteiger partial charge in [0.2, 0.25) is 5.91 Å². The van der Waals surface area contributed by atoms with Gasteiger partial charge in [-0.25, -0.2) is 4.98 Å². The predicted octanol–water partition coefficient (Wildman–Crippen LogP) is 0.912. The fraction of sp³-hybridized carbons (Fsp3) is 0.500. The maximum Gasteiger partial charge on any atom is 0.254 e. The lowest BCUT2D eigenvalue weighted by atomic mass is 9.91. The van der Waals surface area contributed by atoms with Crippen LogP contribution in [-0.4, -0.2) is 57.5 Å². The van der Waals surface area contributed by atoms with Crippen LogP contribution in [0.15, 0.2) is 24.5 Å². The topological polar surface area (TPSA) is 98.3 Å². The summed E-state index contributed by atoms with van der Waals surface area (Å²) in [5.41, 5.74) is 2.26. The van der Waals surface area contributed by atoms with E-state index in [0.29, 0.717) is 25.1 Å². The Labute approximate surface area is 145 Å². The molecule has 2 atom stereocenters. The standard InChI is InChI=1S/C18H22N4O3/c23-9-13-5-6-22(8-16(13)21-17(24)11-1-2-11)18(25)12-3-4-14-15(7-12)20-10-19-14/h3-4,7,10-11,13,16,23H,1-2,5-6,8-9H2,(H,19,20)(H,21,24)/t13-,16-/m1/s1. The number of imidazole rings is 1. The van der Waals surface area contributed by atoms with Crippen LogP contribution in [0.1, 0.15) is 29.6 Å². The van der Waals surface area contributed by atoms with Gasteiger partial charge in [0, 0.05) is 37.1 Å². The van der Waals surface area contributed by atoms with Crippen LogP contribution in [0.2, 0.25) is 0 Å². The lowest BCUT2D eigenvalue weighted by Gasteiger charge is -2.38. The molecule has 1 saturated heterocycles. The molecule has 1 aliphatic heterocycles. The van der Waals surface area contributed by atoms with Crippen molar-refractivity contribution in [2.75, 3.05) is 19.7 Å². The molecule has 1 aromatic heterocycles. The summed E-state index contributed by atoms with van der Waals surface area (Å²) in [6.07, 6.45) is 4.17. The molecule has 0 radical (unpaired) electrons. The zero-order valence-corrected chi connectivity index (χ0v) is 13.9. The van der Waals surface area contributed by atoms with Crippen LogP contribution in [0.25, 0.3) is 11.0 Å². The summed E-state index contributed by atoms with van der Waals surface area (Å²) in [4.78, 5) is 33.9. The lowest BCUT2D eigenvalue weighted by molar-refractivity contribution is -0.123. The number of benzene rings is 1. The highest BCUT2D eigenvalue weighted by Crippen LogP contribution is 2.30. The molecule has 2 fully saturated rings. The first-order valence-corrected chi connectivity index (χ1v) is 8.79. The summed E-state index contributed by atoms with van der Waals surface area (Å²) in [6.45, 7) is 1.04. The minimum Gasteiger partial charge on any atom is -0.396 e. The van der Waals surface area contributed by atoms with Crippen molar-refractivity contribution in [2.24, 2.45) is 11.8 Å². The van der Waals surface area contributed by atoms with Crippen molar-refractivity contribution in [2.45, 2.75) is 25.3 Å². The molecule has 7 nitrogen and oxygen atoms in total. The molecule has 1 saturated carbocycles. The Balaban J connectivity index is 1.48. The Morgan fingerprint density at radius 3 is 2.92 bits per heavy atom. The van der Waals surface area contributed by atoms with Crippen LogP contribution in [0.4, 0.5) is 0 Å². The number of hydrogen-bond donors (Lipinski definition) is 3. The maximum absolute atomic E-state index is 12.9. The number of fused-ring (bicyclic) bond motifs is 1. The first-order chi connectivity index (χ1) is 12.2. The number of carbonyl (C=O) groups is 2. The lowest BCUT2D eigenvalue weighted by Crippen LogP contribution is -2.55. The summed E-state index contributed by atoms with van der Waals surface area (Å²) >= 11 is 0. The molecule has 1 aromatic carbocycles. The zero-order valence-electron chi connectivity index (χ0n) is 13.9. The summed E-state index contributed by atoms with van der Waals surface area (Å²) in [7, 11) is 0. The van der Waals surface area contributed by atoms with Gasteiger partial charge < -0.3 is 20.3 Å². The molecule has 2 aliphatic rings. The fourth-order valence-corrected chi connectivity index (χ4v) is 3.46. The Bertz CT molecular complexity index is 798. The number of likely N-dealkylation sites (tertiary alicyclic amines) is 1. The fourth-order valence-electron chi connectivity index (χ4n) is 3.46. The molecule has 132 valence electrons. The van der Waals surface area contributed by atoms with Gasteiger partial charge in [-0.3, -0.25) is 9.59 Å². The second kappa shape index (κ2) is 6.48. The molecular weight excluding hydrogens is 320 g/mol. The second-order valence-corrected chi connectivity index (χ2v) is 7.01. The summed E-state index contributed by atoms with van der Waals surface area (Å²) < 4.78 is 0. The molecular formula is C18H22N4O3. The predicted molar refractivity (Wildman–Crippen MR) is 91.8 cm³/mol. The molecule has 25 heavy (non-hydrogen) atoms. The number of carbonyl (C=O) groups excluding carboxylic acids is 2. The maximum atomic E-state index is 12.9. The molecule has 2 amide bonds. The van der Waals surface area contributed by atoms with Crippen LogP contribution in [0.3, 0.4) is 0 Å². The van der Waals surface area contributed by atoms with Crippen molar-refractivity contribution in [3.63, 3.8) is 0 Å². The average Bonchev–Trinajstić information content (AvgIpc) is 3.38. The highest BCUT2D eigenvalue weighted by Gasteiger charge is 2.36. The van der Waals surface area contributed by atoms with Crippen LogP contribution < -0.4 is 5.32 Å². The van der Waals surface area contributed by atoms with E-state index in [1.54, 1.807) is 23.4 Å². The third-order valence-electron chi connectivity index (χ3n) is 5.22. The number of aliphatic hydroxyl groups is 1. The van der Waals surface area contributed by atoms with Crippen molar-refractivity contribution in [1.29, 1.82) is 0 Å². The number of piperidine rings is 1. The first-order valence-electron chi connectivity index (χ1n) is 8.79. The largest absolute Gasteiger partial charge is 0.396 e. The van der Waals surface area contributed by atoms with E-state index >= 15 is 0 Å². The average molecular weight is 342 g/mol. The number of rotatable bonds is 4. The van der Waals surface area contributed by atoms with Crippen molar-refractivity contribution in [1.82, 2.24) is 20.2 Å². The van der Waals surface area contributed by atoms with Gasteiger partial charge >= 0.3 is 0 Å². The van der Waals surface area contributed by atoms with Gasteiger partial charge in [-0.15, -0.1) is 0 Å². The van der Waals surface area contributed by atoms with E-state index in [1.807, 2.05) is 6.07 Å². The van der Waals surface area contributed by atoms with E-state index in [2.05, 4.69) is 15.3 Å². The minimum absolute atomic E-state index is 0.00170. The normalized spacial score (nSPS) is 23.6. The quantitative estimate of drug-likeness (QED) is 0.769. The Morgan fingerprint density at radius 1 is 1.32 bits per heavy atom. The van der Waals surface area contributed by atoms with Gasteiger partial charge in [0.1, 0.15) is 0 Å². The number of nitrogens with zero attached hydrogens (tertiary/aromatic N) is 2. The van der Waals surface area contributed by atoms with E-state index < -0.39 is 0 Å². The Kier molecular flexibility index (Phi) is 4.17. The molecule has 7 heteroatoms. The number of aromatic amines is 1. The molecule has 0 bridgehead atoms. The van der Waals surface area contributed by atoms with Gasteiger partial charge in [-0.2, -0.15) is 0 Å². The minimum atomic E-state index is -0.188. The Hall–Kier alpha value is -2.41. The number of amides is 2. The zero-order chi connectivity index (χ0) is 17.4. The molecule has 2 aromatic rings. The molecule has 3 N–H and O–H groups in total. The van der Waals surface area contributed by atoms with Crippen molar-refractivity contribution >= 4 is 22.8 Å². The molecule has 0 spiro atoms. The van der Waals surface area contributed by atoms with Crippen molar-refractivity contribution in [3.05, 3.63) is 30.1 Å². The molecule has 0 unspecified atom stereocenters. The number of H-pyrrole nitrogens is 1. The van der Waals surface area contributed by atoms with Crippen LogP contribution in [0.5, 0.6) is 0 Å². The van der Waals surface area contributed by atoms with E-state index in [-0.39, 0.29) is 36.3 Å². The third-order valence-corrected chi connectivity index (χ3v) is 5.22. The van der Waals surface area contributed by atoms with Crippen LogP contribution in [-0.2, 0) is 4.79 Å². The summed E-state index contributed by atoms with van der Waals surface area (Å²) in [5, 5.41) is 12.6. The Morgan fingerprint density at radius 2 is 2.16 bits per heavy atom. The number of aliphatic hydroxyl groups excluding tert-OH is 1. The highest BCUT2D eigenvalue weighted by atomic mass is 16.3. The van der Waals surface area contributed by atoms with E-state index in [9.17, 15) is 14.7 Å². The number of nitrogens with one attached hydrogen (secondary N) is 2. The molecule has 4 rings (SSSR count). The van der Waals surface area contributed by atoms with Crippen molar-refractivity contribution < 1.29 is 14.7 Å². The van der Waals surface area contributed by atoms with Crippen LogP contribution in [0, 0.1) is 11.8 Å². The SMILES string of the molecule is O=C(N[C@@H]1CN(C(=O)c2ccc3nc[nH]c3c2)CC[C@@H]1CO)C1CC1. The van der Waals surface area contributed by atoms with E-state index in [4.69, 9.17) is 0 Å². The number of aromatic nitrogens is 2. The summed E-state index contributed by atoms with van der Waals surface area (Å²) in [5.74, 6) is 0.116. The van der Waals surface area contributed by atoms with Gasteiger partial charge in [0.15, 0.2) is 0 Å². The first kappa shape index (κ1) is 16.1. The van der Waals surface area contributed by atoms with Gasteiger partial charge in [0.25, 0.3) is 5.91 Å². The monoisotopic (exact) mass is 342 g/mol. The number of hydrogen-bond acceptors (Lipinski definition) is 4. The smallest absolute Gasteiger partial charge is 0.254 e. The molecule has 1 aliphatic carbocycles. The van der Waals surface area contributed by atoms with E-state index in [0.717, 1.165) is 23.9 Å². The van der Waals surface area contributed by atoms with Crippen molar-refractivity contribution in [3.8, 4) is 0 Å². The van der Waals surface area contributed by atoms with Crippen LogP contribution >= 0.6 is 0 Å². The summed E-state index contributed by atoms with van der Waals surface area (Å²) in [6, 6.07) is 5.22. The highest BCUT2D eigenvalue weighted by molar-refractivity contribution is 5.97. The van der Waals surface area contributed by atoms with Gasteiger partial charge in [-0.05, 0) is 37.5 Å². The van der Waals surface area contributed by atoms with Gasteiger partial charge in [-0.1, -0.05) is 0 Å². The second-order valence-electron chi connectivity index (χ2n) is 7.01. The molecule has 2 heterocycles. The third kappa shape index (κ3) is 3.24. The van der Waals surface area contributed by atoms with E-state index in [1.165, 1.54) is 0 Å².